The van der Waals surface area contributed by atoms with Crippen LogP contribution in [0.2, 0.25) is 0 Å². The number of carbonyl (C=O) groups excluding carboxylic acids is 1. The van der Waals surface area contributed by atoms with Gasteiger partial charge < -0.3 is 9.84 Å². The highest BCUT2D eigenvalue weighted by molar-refractivity contribution is 9.10. The molecule has 4 nitrogen and oxygen atoms in total. The smallest absolute Gasteiger partial charge is 0.323 e. The summed E-state index contributed by atoms with van der Waals surface area (Å²) in [6.07, 6.45) is 0.314. The molecule has 0 spiro atoms. The Kier molecular flexibility index (Phi) is 1.92. The number of halogens is 1. The van der Waals surface area contributed by atoms with Crippen LogP contribution in [0.4, 0.5) is 0 Å². The summed E-state index contributed by atoms with van der Waals surface area (Å²) in [5, 5.41) is 8.50. The Bertz CT molecular complexity index is 215. The molecule has 0 aromatic rings. The summed E-state index contributed by atoms with van der Waals surface area (Å²) in [6, 6.07) is 0. The molecule has 1 N–H and O–H groups in total. The first-order valence-electron chi connectivity index (χ1n) is 3.02. The Morgan fingerprint density at radius 2 is 2.27 bits per heavy atom. The van der Waals surface area contributed by atoms with Crippen molar-refractivity contribution >= 4 is 27.9 Å². The number of carbonyl (C=O) groups is 2. The molecule has 62 valence electrons. The van der Waals surface area contributed by atoms with Crippen molar-refractivity contribution in [3.63, 3.8) is 0 Å². The van der Waals surface area contributed by atoms with E-state index in [1.165, 1.54) is 7.11 Å². The van der Waals surface area contributed by atoms with Crippen LogP contribution >= 0.6 is 15.9 Å². The van der Waals surface area contributed by atoms with Crippen LogP contribution in [0.5, 0.6) is 0 Å². The van der Waals surface area contributed by atoms with Crippen molar-refractivity contribution in [2.24, 2.45) is 5.92 Å². The van der Waals surface area contributed by atoms with Gasteiger partial charge in [-0.15, -0.1) is 0 Å². The van der Waals surface area contributed by atoms with Crippen LogP contribution in [0.15, 0.2) is 0 Å². The molecule has 1 rings (SSSR count). The van der Waals surface area contributed by atoms with E-state index in [-0.39, 0.29) is 0 Å². The number of aliphatic carboxylic acids is 1. The summed E-state index contributed by atoms with van der Waals surface area (Å²) in [5.41, 5.74) is 0. The summed E-state index contributed by atoms with van der Waals surface area (Å²) in [4.78, 5) is 21.2. The number of esters is 1. The summed E-state index contributed by atoms with van der Waals surface area (Å²) in [6.45, 7) is 0. The van der Waals surface area contributed by atoms with E-state index in [9.17, 15) is 9.59 Å². The SMILES string of the molecule is COC(=O)C1(Br)CC1C(=O)O. The number of carboxylic acid groups (broad SMARTS) is 1. The molecule has 1 aliphatic carbocycles. The van der Waals surface area contributed by atoms with Crippen molar-refractivity contribution in [3.8, 4) is 0 Å². The molecule has 0 aliphatic heterocycles. The number of carboxylic acids is 1. The number of hydrogen-bond donors (Lipinski definition) is 1. The molecule has 0 bridgehead atoms. The molecule has 1 aliphatic rings. The molecule has 0 aromatic carbocycles. The van der Waals surface area contributed by atoms with E-state index >= 15 is 0 Å². The lowest BCUT2D eigenvalue weighted by atomic mass is 10.3. The van der Waals surface area contributed by atoms with Crippen molar-refractivity contribution in [1.82, 2.24) is 0 Å². The Hall–Kier alpha value is -0.580. The molecule has 0 heterocycles. The minimum Gasteiger partial charge on any atom is -0.481 e. The molecular formula is C6H7BrO4. The molecule has 0 saturated heterocycles. The van der Waals surface area contributed by atoms with Gasteiger partial charge in [0, 0.05) is 0 Å². The zero-order chi connectivity index (χ0) is 8.65. The number of methoxy groups -OCH3 is 1. The monoisotopic (exact) mass is 222 g/mol. The van der Waals surface area contributed by atoms with Crippen molar-refractivity contribution < 1.29 is 19.4 Å². The zero-order valence-electron chi connectivity index (χ0n) is 5.83. The lowest BCUT2D eigenvalue weighted by molar-refractivity contribution is -0.145. The third-order valence-corrected chi connectivity index (χ3v) is 2.92. The second-order valence-electron chi connectivity index (χ2n) is 2.45. The summed E-state index contributed by atoms with van der Waals surface area (Å²) < 4.78 is 3.46. The molecule has 5 heteroatoms. The lowest BCUT2D eigenvalue weighted by Gasteiger charge is -2.02. The van der Waals surface area contributed by atoms with Crippen LogP contribution in [0, 0.1) is 5.92 Å². The van der Waals surface area contributed by atoms with Crippen molar-refractivity contribution in [2.75, 3.05) is 7.11 Å². The summed E-state index contributed by atoms with van der Waals surface area (Å²) >= 11 is 3.03. The van der Waals surface area contributed by atoms with Gasteiger partial charge in [-0.05, 0) is 6.42 Å². The Balaban J connectivity index is 2.62. The van der Waals surface area contributed by atoms with E-state index in [1.807, 2.05) is 0 Å². The van der Waals surface area contributed by atoms with Gasteiger partial charge in [-0.25, -0.2) is 0 Å². The van der Waals surface area contributed by atoms with Gasteiger partial charge in [-0.1, -0.05) is 15.9 Å². The molecule has 2 atom stereocenters. The van der Waals surface area contributed by atoms with E-state index in [1.54, 1.807) is 0 Å². The van der Waals surface area contributed by atoms with Gasteiger partial charge in [0.05, 0.1) is 13.0 Å². The standard InChI is InChI=1S/C6H7BrO4/c1-11-5(10)6(7)2-3(6)4(8)9/h3H,2H2,1H3,(H,8,9). The molecular weight excluding hydrogens is 216 g/mol. The second kappa shape index (κ2) is 2.48. The van der Waals surface area contributed by atoms with Gasteiger partial charge in [-0.2, -0.15) is 0 Å². The largest absolute Gasteiger partial charge is 0.481 e. The number of ether oxygens (including phenoxy) is 1. The van der Waals surface area contributed by atoms with Crippen LogP contribution in [0.1, 0.15) is 6.42 Å². The fourth-order valence-corrected chi connectivity index (χ4v) is 1.60. The molecule has 2 unspecified atom stereocenters. The second-order valence-corrected chi connectivity index (χ2v) is 3.86. The lowest BCUT2D eigenvalue weighted by Crippen LogP contribution is -2.22. The van der Waals surface area contributed by atoms with E-state index in [0.717, 1.165) is 0 Å². The average molecular weight is 223 g/mol. The molecule has 0 aromatic heterocycles. The summed E-state index contributed by atoms with van der Waals surface area (Å²) in [5.74, 6) is -2.10. The topological polar surface area (TPSA) is 63.6 Å². The first-order chi connectivity index (χ1) is 5.02. The van der Waals surface area contributed by atoms with E-state index in [0.29, 0.717) is 6.42 Å². The van der Waals surface area contributed by atoms with E-state index < -0.39 is 22.2 Å². The van der Waals surface area contributed by atoms with E-state index in [2.05, 4.69) is 20.7 Å². The zero-order valence-corrected chi connectivity index (χ0v) is 7.42. The van der Waals surface area contributed by atoms with Crippen LogP contribution in [-0.4, -0.2) is 28.5 Å². The van der Waals surface area contributed by atoms with Gasteiger partial charge in [-0.3, -0.25) is 9.59 Å². The van der Waals surface area contributed by atoms with Crippen molar-refractivity contribution in [1.29, 1.82) is 0 Å². The third-order valence-electron chi connectivity index (χ3n) is 1.72. The van der Waals surface area contributed by atoms with Gasteiger partial charge in [0.1, 0.15) is 4.32 Å². The van der Waals surface area contributed by atoms with Gasteiger partial charge >= 0.3 is 11.9 Å². The first-order valence-corrected chi connectivity index (χ1v) is 3.82. The first kappa shape index (κ1) is 8.52. The Morgan fingerprint density at radius 1 is 1.73 bits per heavy atom. The molecule has 0 radical (unpaired) electrons. The number of rotatable bonds is 2. The Labute approximate surface area is 71.7 Å². The normalized spacial score (nSPS) is 34.5. The van der Waals surface area contributed by atoms with Crippen LogP contribution in [0.25, 0.3) is 0 Å². The third kappa shape index (κ3) is 1.24. The number of alkyl halides is 1. The fraction of sp³-hybridized carbons (Fsp3) is 0.667. The average Bonchev–Trinajstić information content (AvgIpc) is 2.62. The van der Waals surface area contributed by atoms with Crippen molar-refractivity contribution in [2.45, 2.75) is 10.7 Å². The molecule has 1 fully saturated rings. The highest BCUT2D eigenvalue weighted by atomic mass is 79.9. The van der Waals surface area contributed by atoms with Crippen LogP contribution < -0.4 is 0 Å². The predicted octanol–water partition coefficient (Wildman–Crippen LogP) is 0.398. The Morgan fingerprint density at radius 3 is 2.55 bits per heavy atom. The minimum absolute atomic E-state index is 0.314. The van der Waals surface area contributed by atoms with Gasteiger partial charge in [0.25, 0.3) is 0 Å². The number of hydrogen-bond acceptors (Lipinski definition) is 3. The summed E-state index contributed by atoms with van der Waals surface area (Å²) in [7, 11) is 1.24. The fourth-order valence-electron chi connectivity index (χ4n) is 0.916. The highest BCUT2D eigenvalue weighted by Crippen LogP contribution is 2.52. The maximum Gasteiger partial charge on any atom is 0.323 e. The van der Waals surface area contributed by atoms with Crippen LogP contribution in [-0.2, 0) is 14.3 Å². The van der Waals surface area contributed by atoms with Crippen molar-refractivity contribution in [3.05, 3.63) is 0 Å². The molecule has 0 amide bonds. The van der Waals surface area contributed by atoms with Gasteiger partial charge in [0.2, 0.25) is 0 Å². The van der Waals surface area contributed by atoms with Gasteiger partial charge in [0.15, 0.2) is 0 Å². The molecule has 11 heavy (non-hydrogen) atoms. The van der Waals surface area contributed by atoms with E-state index in [4.69, 9.17) is 5.11 Å². The molecule has 1 saturated carbocycles. The minimum atomic E-state index is -0.965. The predicted molar refractivity (Wildman–Crippen MR) is 39.4 cm³/mol. The maximum atomic E-state index is 10.9. The highest BCUT2D eigenvalue weighted by Gasteiger charge is 2.63. The maximum absolute atomic E-state index is 10.9. The quantitative estimate of drug-likeness (QED) is 0.543. The van der Waals surface area contributed by atoms with Crippen LogP contribution in [0.3, 0.4) is 0 Å².